The number of aromatic nitrogens is 2. The van der Waals surface area contributed by atoms with Gasteiger partial charge in [-0.1, -0.05) is 0 Å². The van der Waals surface area contributed by atoms with Gasteiger partial charge >= 0.3 is 0 Å². The molecule has 3 nitrogen and oxygen atoms in total. The van der Waals surface area contributed by atoms with Crippen molar-refractivity contribution < 1.29 is 5.11 Å². The standard InChI is InChI=1S/C11H12Br2N2OS/c1-3-15-10(8(13)5-14-15)11(16)9-4-7(12)6(2)17-9/h4-5,11,16H,3H2,1-2H3. The van der Waals surface area contributed by atoms with E-state index in [-0.39, 0.29) is 0 Å². The van der Waals surface area contributed by atoms with Crippen molar-refractivity contribution in [3.05, 3.63) is 36.7 Å². The van der Waals surface area contributed by atoms with Gasteiger partial charge in [0, 0.05) is 20.8 Å². The molecular weight excluding hydrogens is 368 g/mol. The van der Waals surface area contributed by atoms with E-state index in [9.17, 15) is 5.11 Å². The minimum Gasteiger partial charge on any atom is -0.381 e. The van der Waals surface area contributed by atoms with Crippen molar-refractivity contribution in [2.75, 3.05) is 0 Å². The van der Waals surface area contributed by atoms with Crippen molar-refractivity contribution in [2.45, 2.75) is 26.5 Å². The van der Waals surface area contributed by atoms with Crippen molar-refractivity contribution in [3.63, 3.8) is 0 Å². The molecule has 0 saturated carbocycles. The second-order valence-electron chi connectivity index (χ2n) is 3.65. The maximum absolute atomic E-state index is 10.4. The van der Waals surface area contributed by atoms with Gasteiger partial charge in [0.25, 0.3) is 0 Å². The van der Waals surface area contributed by atoms with E-state index in [1.807, 2.05) is 19.9 Å². The monoisotopic (exact) mass is 378 g/mol. The molecule has 2 rings (SSSR count). The van der Waals surface area contributed by atoms with E-state index in [0.29, 0.717) is 0 Å². The highest BCUT2D eigenvalue weighted by atomic mass is 79.9. The van der Waals surface area contributed by atoms with Crippen molar-refractivity contribution in [1.82, 2.24) is 9.78 Å². The van der Waals surface area contributed by atoms with Gasteiger partial charge in [-0.3, -0.25) is 4.68 Å². The van der Waals surface area contributed by atoms with Crippen molar-refractivity contribution in [1.29, 1.82) is 0 Å². The van der Waals surface area contributed by atoms with Gasteiger partial charge in [-0.15, -0.1) is 11.3 Å². The van der Waals surface area contributed by atoms with E-state index in [1.165, 1.54) is 0 Å². The van der Waals surface area contributed by atoms with Crippen molar-refractivity contribution >= 4 is 43.2 Å². The quantitative estimate of drug-likeness (QED) is 0.878. The van der Waals surface area contributed by atoms with Crippen LogP contribution in [-0.2, 0) is 6.54 Å². The van der Waals surface area contributed by atoms with Gasteiger partial charge in [-0.05, 0) is 51.8 Å². The summed E-state index contributed by atoms with van der Waals surface area (Å²) in [6.07, 6.45) is 1.08. The summed E-state index contributed by atoms with van der Waals surface area (Å²) in [5, 5.41) is 14.6. The number of hydrogen-bond donors (Lipinski definition) is 1. The lowest BCUT2D eigenvalue weighted by atomic mass is 10.2. The van der Waals surface area contributed by atoms with Crippen LogP contribution in [0.25, 0.3) is 0 Å². The summed E-state index contributed by atoms with van der Waals surface area (Å²) < 4.78 is 3.68. The summed E-state index contributed by atoms with van der Waals surface area (Å²) in [6, 6.07) is 1.96. The normalized spacial score (nSPS) is 13.0. The van der Waals surface area contributed by atoms with Crippen LogP contribution < -0.4 is 0 Å². The third-order valence-corrected chi connectivity index (χ3v) is 5.34. The molecule has 1 N–H and O–H groups in total. The Balaban J connectivity index is 2.42. The largest absolute Gasteiger partial charge is 0.381 e. The first-order chi connectivity index (χ1) is 8.04. The number of aryl methyl sites for hydroxylation is 2. The molecule has 0 amide bonds. The Labute approximate surface area is 121 Å². The maximum Gasteiger partial charge on any atom is 0.131 e. The number of aliphatic hydroxyl groups is 1. The Morgan fingerprint density at radius 1 is 1.47 bits per heavy atom. The van der Waals surface area contributed by atoms with E-state index in [4.69, 9.17) is 0 Å². The maximum atomic E-state index is 10.4. The average molecular weight is 380 g/mol. The van der Waals surface area contributed by atoms with Gasteiger partial charge in [-0.25, -0.2) is 0 Å². The topological polar surface area (TPSA) is 38.0 Å². The van der Waals surface area contributed by atoms with Gasteiger partial charge in [0.15, 0.2) is 0 Å². The molecule has 0 bridgehead atoms. The average Bonchev–Trinajstić information content (AvgIpc) is 2.82. The Morgan fingerprint density at radius 3 is 2.71 bits per heavy atom. The second-order valence-corrected chi connectivity index (χ2v) is 6.65. The molecule has 0 aliphatic carbocycles. The van der Waals surface area contributed by atoms with E-state index < -0.39 is 6.10 Å². The number of rotatable bonds is 3. The highest BCUT2D eigenvalue weighted by Crippen LogP contribution is 2.35. The summed E-state index contributed by atoms with van der Waals surface area (Å²) in [5.74, 6) is 0. The Hall–Kier alpha value is -0.170. The number of hydrogen-bond acceptors (Lipinski definition) is 3. The first-order valence-corrected chi connectivity index (χ1v) is 7.60. The first-order valence-electron chi connectivity index (χ1n) is 5.19. The second kappa shape index (κ2) is 5.22. The lowest BCUT2D eigenvalue weighted by molar-refractivity contribution is 0.211. The fourth-order valence-corrected chi connectivity index (χ4v) is 3.71. The molecule has 1 atom stereocenters. The van der Waals surface area contributed by atoms with Gasteiger partial charge in [0.1, 0.15) is 6.10 Å². The van der Waals surface area contributed by atoms with E-state index in [2.05, 4.69) is 37.0 Å². The number of halogens is 2. The third kappa shape index (κ3) is 2.50. The van der Waals surface area contributed by atoms with E-state index in [0.717, 1.165) is 30.9 Å². The molecular formula is C11H12Br2N2OS. The van der Waals surface area contributed by atoms with Gasteiger partial charge in [-0.2, -0.15) is 5.10 Å². The smallest absolute Gasteiger partial charge is 0.131 e. The Kier molecular flexibility index (Phi) is 4.07. The molecule has 92 valence electrons. The van der Waals surface area contributed by atoms with Crippen molar-refractivity contribution in [2.24, 2.45) is 0 Å². The lowest BCUT2D eigenvalue weighted by Crippen LogP contribution is -2.08. The molecule has 0 radical (unpaired) electrons. The van der Waals surface area contributed by atoms with Crippen LogP contribution in [0.5, 0.6) is 0 Å². The summed E-state index contributed by atoms with van der Waals surface area (Å²) in [6.45, 7) is 4.77. The zero-order valence-electron chi connectivity index (χ0n) is 9.44. The van der Waals surface area contributed by atoms with Crippen LogP contribution in [0, 0.1) is 6.92 Å². The lowest BCUT2D eigenvalue weighted by Gasteiger charge is -2.11. The van der Waals surface area contributed by atoms with Crippen LogP contribution in [0.1, 0.15) is 28.5 Å². The Bertz CT molecular complexity index is 516. The van der Waals surface area contributed by atoms with Gasteiger partial charge in [0.05, 0.1) is 16.4 Å². The molecule has 0 spiro atoms. The van der Waals surface area contributed by atoms with Gasteiger partial charge in [0.2, 0.25) is 0 Å². The molecule has 2 heterocycles. The predicted molar refractivity (Wildman–Crippen MR) is 76.4 cm³/mol. The highest BCUT2D eigenvalue weighted by Gasteiger charge is 2.21. The SMILES string of the molecule is CCn1ncc(Br)c1C(O)c1cc(Br)c(C)s1. The molecule has 2 aromatic rings. The highest BCUT2D eigenvalue weighted by molar-refractivity contribution is 9.10. The number of aliphatic hydroxyl groups excluding tert-OH is 1. The molecule has 17 heavy (non-hydrogen) atoms. The Morgan fingerprint density at radius 2 is 2.18 bits per heavy atom. The molecule has 6 heteroatoms. The van der Waals surface area contributed by atoms with E-state index >= 15 is 0 Å². The first kappa shape index (κ1) is 13.3. The molecule has 0 saturated heterocycles. The summed E-state index contributed by atoms with van der Waals surface area (Å²) in [4.78, 5) is 2.09. The predicted octanol–water partition coefficient (Wildman–Crippen LogP) is 3.88. The number of nitrogens with zero attached hydrogens (tertiary/aromatic N) is 2. The molecule has 0 fully saturated rings. The van der Waals surface area contributed by atoms with Crippen LogP contribution in [0.2, 0.25) is 0 Å². The van der Waals surface area contributed by atoms with Crippen LogP contribution in [-0.4, -0.2) is 14.9 Å². The minimum atomic E-state index is -0.637. The third-order valence-electron chi connectivity index (χ3n) is 2.54. The minimum absolute atomic E-state index is 0.637. The zero-order chi connectivity index (χ0) is 12.6. The molecule has 2 aromatic heterocycles. The van der Waals surface area contributed by atoms with Crippen LogP contribution in [0.15, 0.2) is 21.2 Å². The summed E-state index contributed by atoms with van der Waals surface area (Å²) >= 11 is 8.49. The summed E-state index contributed by atoms with van der Waals surface area (Å²) in [5.41, 5.74) is 0.807. The van der Waals surface area contributed by atoms with Gasteiger partial charge < -0.3 is 5.11 Å². The fourth-order valence-electron chi connectivity index (χ4n) is 1.65. The molecule has 0 aliphatic rings. The van der Waals surface area contributed by atoms with Crippen LogP contribution in [0.4, 0.5) is 0 Å². The molecule has 0 aromatic carbocycles. The molecule has 1 unspecified atom stereocenters. The van der Waals surface area contributed by atoms with Crippen LogP contribution >= 0.6 is 43.2 Å². The fraction of sp³-hybridized carbons (Fsp3) is 0.364. The van der Waals surface area contributed by atoms with E-state index in [1.54, 1.807) is 22.2 Å². The summed E-state index contributed by atoms with van der Waals surface area (Å²) in [7, 11) is 0. The molecule has 0 aliphatic heterocycles. The van der Waals surface area contributed by atoms with Crippen LogP contribution in [0.3, 0.4) is 0 Å². The van der Waals surface area contributed by atoms with Crippen molar-refractivity contribution in [3.8, 4) is 0 Å². The number of thiophene rings is 1. The zero-order valence-corrected chi connectivity index (χ0v) is 13.4.